The molecule has 3 rings (SSSR count). The minimum Gasteiger partial charge on any atom is -0.399 e. The molecule has 1 unspecified atom stereocenters. The highest BCUT2D eigenvalue weighted by Crippen LogP contribution is 2.26. The zero-order valence-corrected chi connectivity index (χ0v) is 14.4. The molecular formula is C20H25N3O. The van der Waals surface area contributed by atoms with Crippen molar-refractivity contribution in [2.45, 2.75) is 26.3 Å². The van der Waals surface area contributed by atoms with Gasteiger partial charge in [0.15, 0.2) is 0 Å². The number of aryl methyl sites for hydroxylation is 2. The quantitative estimate of drug-likeness (QED) is 0.854. The smallest absolute Gasteiger partial charge is 0.254 e. The molecular weight excluding hydrogens is 298 g/mol. The minimum atomic E-state index is 0.0537. The van der Waals surface area contributed by atoms with Crippen LogP contribution in [0.5, 0.6) is 0 Å². The Balaban J connectivity index is 1.91. The van der Waals surface area contributed by atoms with Crippen LogP contribution in [0.15, 0.2) is 42.5 Å². The second kappa shape index (κ2) is 7.05. The third-order valence-electron chi connectivity index (χ3n) is 4.77. The molecule has 1 heterocycles. The number of carbonyl (C=O) groups is 1. The number of nitrogens with one attached hydrogen (secondary N) is 1. The molecule has 1 fully saturated rings. The molecule has 1 amide bonds. The fourth-order valence-electron chi connectivity index (χ4n) is 3.25. The predicted molar refractivity (Wildman–Crippen MR) is 98.1 cm³/mol. The van der Waals surface area contributed by atoms with Crippen molar-refractivity contribution in [2.24, 2.45) is 0 Å². The Bertz CT molecular complexity index is 724. The standard InChI is InChI=1S/C20H25N3O/c1-3-15-5-7-16(8-6-15)19-13-22-10-11-23(19)20(24)18-12-17(21)9-4-14(18)2/h4-9,12,19,22H,3,10-11,13,21H2,1-2H3. The van der Waals surface area contributed by atoms with Gasteiger partial charge < -0.3 is 16.0 Å². The number of nitrogens with two attached hydrogens (primary N) is 1. The first-order valence-electron chi connectivity index (χ1n) is 8.56. The number of piperazine rings is 1. The number of amides is 1. The third-order valence-corrected chi connectivity index (χ3v) is 4.77. The summed E-state index contributed by atoms with van der Waals surface area (Å²) in [6.07, 6.45) is 1.02. The van der Waals surface area contributed by atoms with Crippen LogP contribution >= 0.6 is 0 Å². The Labute approximate surface area is 143 Å². The lowest BCUT2D eigenvalue weighted by Gasteiger charge is -2.37. The molecule has 0 aliphatic carbocycles. The molecule has 0 radical (unpaired) electrons. The first-order valence-corrected chi connectivity index (χ1v) is 8.56. The molecule has 24 heavy (non-hydrogen) atoms. The number of anilines is 1. The van der Waals surface area contributed by atoms with Crippen LogP contribution in [0.4, 0.5) is 5.69 Å². The predicted octanol–water partition coefficient (Wildman–Crippen LogP) is 2.93. The number of carbonyl (C=O) groups excluding carboxylic acids is 1. The van der Waals surface area contributed by atoms with Crippen LogP contribution in [0.2, 0.25) is 0 Å². The van der Waals surface area contributed by atoms with Crippen LogP contribution in [0.3, 0.4) is 0 Å². The molecule has 126 valence electrons. The third kappa shape index (κ3) is 3.29. The molecule has 1 atom stereocenters. The molecule has 1 aliphatic rings. The van der Waals surface area contributed by atoms with Gasteiger partial charge >= 0.3 is 0 Å². The van der Waals surface area contributed by atoms with Gasteiger partial charge in [-0.15, -0.1) is 0 Å². The summed E-state index contributed by atoms with van der Waals surface area (Å²) in [7, 11) is 0. The van der Waals surface area contributed by atoms with Gasteiger partial charge in [-0.3, -0.25) is 4.79 Å². The van der Waals surface area contributed by atoms with E-state index in [4.69, 9.17) is 5.73 Å². The number of hydrogen-bond donors (Lipinski definition) is 2. The van der Waals surface area contributed by atoms with Crippen molar-refractivity contribution < 1.29 is 4.79 Å². The highest BCUT2D eigenvalue weighted by atomic mass is 16.2. The van der Waals surface area contributed by atoms with Crippen molar-refractivity contribution in [3.8, 4) is 0 Å². The van der Waals surface area contributed by atoms with E-state index in [1.54, 1.807) is 6.07 Å². The Kier molecular flexibility index (Phi) is 4.86. The van der Waals surface area contributed by atoms with Crippen molar-refractivity contribution in [1.82, 2.24) is 10.2 Å². The summed E-state index contributed by atoms with van der Waals surface area (Å²) in [5, 5.41) is 3.41. The van der Waals surface area contributed by atoms with Gasteiger partial charge in [0.2, 0.25) is 0 Å². The highest BCUT2D eigenvalue weighted by molar-refractivity contribution is 5.96. The molecule has 4 nitrogen and oxygen atoms in total. The lowest BCUT2D eigenvalue weighted by atomic mass is 9.99. The Morgan fingerprint density at radius 2 is 2.00 bits per heavy atom. The van der Waals surface area contributed by atoms with Crippen molar-refractivity contribution in [1.29, 1.82) is 0 Å². The maximum absolute atomic E-state index is 13.1. The zero-order chi connectivity index (χ0) is 17.1. The lowest BCUT2D eigenvalue weighted by Crippen LogP contribution is -2.48. The van der Waals surface area contributed by atoms with Crippen LogP contribution in [-0.2, 0) is 6.42 Å². The molecule has 1 aliphatic heterocycles. The van der Waals surface area contributed by atoms with Crippen LogP contribution in [0.1, 0.15) is 40.0 Å². The number of benzene rings is 2. The van der Waals surface area contributed by atoms with Gasteiger partial charge in [-0.1, -0.05) is 37.3 Å². The maximum atomic E-state index is 13.1. The first kappa shape index (κ1) is 16.5. The topological polar surface area (TPSA) is 58.4 Å². The largest absolute Gasteiger partial charge is 0.399 e. The molecule has 2 aromatic carbocycles. The summed E-state index contributed by atoms with van der Waals surface area (Å²) in [6, 6.07) is 14.2. The summed E-state index contributed by atoms with van der Waals surface area (Å²) < 4.78 is 0. The van der Waals surface area contributed by atoms with Gasteiger partial charge in [-0.2, -0.15) is 0 Å². The van der Waals surface area contributed by atoms with Crippen molar-refractivity contribution in [3.05, 3.63) is 64.7 Å². The van der Waals surface area contributed by atoms with E-state index in [9.17, 15) is 4.79 Å². The van der Waals surface area contributed by atoms with E-state index in [1.165, 1.54) is 11.1 Å². The highest BCUT2D eigenvalue weighted by Gasteiger charge is 2.29. The zero-order valence-electron chi connectivity index (χ0n) is 14.4. The summed E-state index contributed by atoms with van der Waals surface area (Å²) in [6.45, 7) is 6.40. The van der Waals surface area contributed by atoms with Crippen LogP contribution in [0, 0.1) is 6.92 Å². The van der Waals surface area contributed by atoms with Gasteiger partial charge in [0.25, 0.3) is 5.91 Å². The van der Waals surface area contributed by atoms with Crippen LogP contribution < -0.4 is 11.1 Å². The molecule has 0 aromatic heterocycles. The van der Waals surface area contributed by atoms with E-state index in [0.717, 1.165) is 25.1 Å². The number of rotatable bonds is 3. The van der Waals surface area contributed by atoms with Gasteiger partial charge in [0.1, 0.15) is 0 Å². The maximum Gasteiger partial charge on any atom is 0.254 e. The molecule has 0 spiro atoms. The van der Waals surface area contributed by atoms with E-state index in [0.29, 0.717) is 17.8 Å². The SMILES string of the molecule is CCc1ccc(C2CNCCN2C(=O)c2cc(N)ccc2C)cc1. The molecule has 3 N–H and O–H groups in total. The van der Waals surface area contributed by atoms with Crippen LogP contribution in [-0.4, -0.2) is 30.4 Å². The second-order valence-electron chi connectivity index (χ2n) is 6.39. The van der Waals surface area contributed by atoms with Gasteiger partial charge in [0, 0.05) is 30.9 Å². The summed E-state index contributed by atoms with van der Waals surface area (Å²) in [4.78, 5) is 15.1. The van der Waals surface area contributed by atoms with Gasteiger partial charge in [-0.25, -0.2) is 0 Å². The Hall–Kier alpha value is -2.33. The fourth-order valence-corrected chi connectivity index (χ4v) is 3.25. The van der Waals surface area contributed by atoms with Crippen molar-refractivity contribution in [3.63, 3.8) is 0 Å². The van der Waals surface area contributed by atoms with Gasteiger partial charge in [-0.05, 0) is 42.2 Å². The number of nitrogens with zero attached hydrogens (tertiary/aromatic N) is 1. The van der Waals surface area contributed by atoms with Gasteiger partial charge in [0.05, 0.1) is 6.04 Å². The number of nitrogen functional groups attached to an aromatic ring is 1. The van der Waals surface area contributed by atoms with Crippen LogP contribution in [0.25, 0.3) is 0 Å². The van der Waals surface area contributed by atoms with E-state index >= 15 is 0 Å². The normalized spacial score (nSPS) is 17.8. The number of hydrogen-bond acceptors (Lipinski definition) is 3. The van der Waals surface area contributed by atoms with Crippen molar-refractivity contribution >= 4 is 11.6 Å². The Morgan fingerprint density at radius 1 is 1.25 bits per heavy atom. The average molecular weight is 323 g/mol. The summed E-state index contributed by atoms with van der Waals surface area (Å²) >= 11 is 0. The monoisotopic (exact) mass is 323 g/mol. The summed E-state index contributed by atoms with van der Waals surface area (Å²) in [5.41, 5.74) is 10.7. The summed E-state index contributed by atoms with van der Waals surface area (Å²) in [5.74, 6) is 0.0610. The van der Waals surface area contributed by atoms with E-state index in [1.807, 2.05) is 24.0 Å². The van der Waals surface area contributed by atoms with E-state index in [-0.39, 0.29) is 11.9 Å². The molecule has 2 aromatic rings. The average Bonchev–Trinajstić information content (AvgIpc) is 2.63. The Morgan fingerprint density at radius 3 is 2.71 bits per heavy atom. The fraction of sp³-hybridized carbons (Fsp3) is 0.350. The molecule has 4 heteroatoms. The van der Waals surface area contributed by atoms with E-state index < -0.39 is 0 Å². The lowest BCUT2D eigenvalue weighted by molar-refractivity contribution is 0.0633. The molecule has 0 saturated carbocycles. The first-order chi connectivity index (χ1) is 11.6. The molecule has 1 saturated heterocycles. The minimum absolute atomic E-state index is 0.0537. The molecule has 0 bridgehead atoms. The second-order valence-corrected chi connectivity index (χ2v) is 6.39. The van der Waals surface area contributed by atoms with Crippen molar-refractivity contribution in [2.75, 3.05) is 25.4 Å². The van der Waals surface area contributed by atoms with E-state index in [2.05, 4.69) is 36.5 Å².